The number of rotatable bonds is 1. The van der Waals surface area contributed by atoms with Crippen LogP contribution in [-0.2, 0) is 0 Å². The zero-order chi connectivity index (χ0) is 20.0. The lowest BCUT2D eigenvalue weighted by molar-refractivity contribution is 0.561. The van der Waals surface area contributed by atoms with Crippen molar-refractivity contribution in [1.82, 2.24) is 9.55 Å². The van der Waals surface area contributed by atoms with Crippen LogP contribution >= 0.6 is 11.3 Å². The topological polar surface area (TPSA) is 54.9 Å². The van der Waals surface area contributed by atoms with E-state index in [2.05, 4.69) is 29.2 Å². The molecule has 2 heterocycles. The second kappa shape index (κ2) is 6.59. The summed E-state index contributed by atoms with van der Waals surface area (Å²) in [6, 6.07) is 10.5. The highest BCUT2D eigenvalue weighted by molar-refractivity contribution is 7.17. The molecule has 0 aliphatic heterocycles. The van der Waals surface area contributed by atoms with Crippen LogP contribution in [0.2, 0.25) is 0 Å². The molecule has 0 bridgehead atoms. The van der Waals surface area contributed by atoms with Crippen LogP contribution in [-0.4, -0.2) is 9.55 Å². The predicted molar refractivity (Wildman–Crippen MR) is 106 cm³/mol. The summed E-state index contributed by atoms with van der Waals surface area (Å²) in [6.45, 7) is 1.72. The smallest absolute Gasteiger partial charge is 0.305 e. The van der Waals surface area contributed by atoms with Crippen LogP contribution in [0.1, 0.15) is 11.1 Å². The highest BCUT2D eigenvalue weighted by Crippen LogP contribution is 2.29. The number of aromatic nitrogens is 2. The van der Waals surface area contributed by atoms with Gasteiger partial charge in [-0.2, -0.15) is 0 Å². The maximum atomic E-state index is 14.3. The number of nitrogens with one attached hydrogen (secondary N) is 1. The third-order valence-electron chi connectivity index (χ3n) is 4.47. The molecular weight excluding hydrogens is 382 g/mol. The van der Waals surface area contributed by atoms with Gasteiger partial charge in [-0.25, -0.2) is 18.1 Å². The fourth-order valence-corrected chi connectivity index (χ4v) is 3.77. The molecule has 0 saturated carbocycles. The minimum atomic E-state index is -1.12. The van der Waals surface area contributed by atoms with Gasteiger partial charge in [-0.1, -0.05) is 30.2 Å². The summed E-state index contributed by atoms with van der Waals surface area (Å²) in [6.07, 6.45) is 5.13. The second-order valence-corrected chi connectivity index (χ2v) is 7.05. The molecule has 28 heavy (non-hydrogen) atoms. The molecule has 0 radical (unpaired) electrons. The van der Waals surface area contributed by atoms with Crippen molar-refractivity contribution in [1.29, 1.82) is 0 Å². The molecule has 5 rings (SSSR count). The number of thiophene rings is 1. The normalized spacial score (nSPS) is 10.9. The number of halogens is 2. The minimum Gasteiger partial charge on any atom is -0.305 e. The van der Waals surface area contributed by atoms with Crippen LogP contribution < -0.4 is 11.2 Å². The van der Waals surface area contributed by atoms with E-state index in [0.29, 0.717) is 15.6 Å². The van der Waals surface area contributed by atoms with Gasteiger partial charge in [-0.3, -0.25) is 4.79 Å². The molecule has 0 spiro atoms. The Morgan fingerprint density at radius 1 is 1.07 bits per heavy atom. The van der Waals surface area contributed by atoms with Gasteiger partial charge >= 0.3 is 5.69 Å². The molecule has 0 saturated heterocycles. The van der Waals surface area contributed by atoms with E-state index in [9.17, 15) is 18.4 Å². The first-order valence-corrected chi connectivity index (χ1v) is 9.09. The van der Waals surface area contributed by atoms with Crippen LogP contribution in [0, 0.1) is 30.9 Å². The number of nitrogens with zero attached hydrogens (tertiary/aromatic N) is 1. The Balaban J connectivity index is 0.000000268. The highest BCUT2D eigenvalue weighted by atomic mass is 32.1. The number of hydrogen-bond donors (Lipinski definition) is 1. The van der Waals surface area contributed by atoms with Gasteiger partial charge < -0.3 is 4.98 Å². The first kappa shape index (κ1) is 17.9. The predicted octanol–water partition coefficient (Wildman–Crippen LogP) is 3.98. The second-order valence-electron chi connectivity index (χ2n) is 6.17. The summed E-state index contributed by atoms with van der Waals surface area (Å²) < 4.78 is 28.9. The van der Waals surface area contributed by atoms with Gasteiger partial charge in [0.15, 0.2) is 11.6 Å². The lowest BCUT2D eigenvalue weighted by atomic mass is 9.95. The van der Waals surface area contributed by atoms with Gasteiger partial charge in [-0.15, -0.1) is 17.8 Å². The SMILES string of the molecule is C#Cc1ccc(F)c(-n2c(=O)[nH]c3c(C)csc3c2=O)c1F.c1cc2ccc1-2. The van der Waals surface area contributed by atoms with Gasteiger partial charge in [-0.05, 0) is 41.1 Å². The molecule has 3 aromatic rings. The Kier molecular flexibility index (Phi) is 4.21. The quantitative estimate of drug-likeness (QED) is 0.438. The van der Waals surface area contributed by atoms with Crippen molar-refractivity contribution in [2.24, 2.45) is 0 Å². The van der Waals surface area contributed by atoms with Crippen molar-refractivity contribution in [3.63, 3.8) is 0 Å². The fourth-order valence-electron chi connectivity index (χ4n) is 2.84. The maximum absolute atomic E-state index is 14.3. The number of H-pyrrole nitrogens is 1. The Morgan fingerprint density at radius 3 is 2.25 bits per heavy atom. The van der Waals surface area contributed by atoms with Crippen LogP contribution in [0.4, 0.5) is 8.78 Å². The maximum Gasteiger partial charge on any atom is 0.333 e. The summed E-state index contributed by atoms with van der Waals surface area (Å²) in [5, 5.41) is 1.68. The summed E-state index contributed by atoms with van der Waals surface area (Å²) in [5.41, 5.74) is 1.21. The van der Waals surface area contributed by atoms with E-state index < -0.39 is 28.6 Å². The molecular formula is C21H12F2N2O2S. The molecule has 1 aromatic carbocycles. The number of fused-ring (bicyclic) bond motifs is 2. The lowest BCUT2D eigenvalue weighted by Crippen LogP contribution is -2.34. The molecule has 2 aliphatic carbocycles. The van der Waals surface area contributed by atoms with Crippen LogP contribution in [0.3, 0.4) is 0 Å². The average molecular weight is 394 g/mol. The van der Waals surface area contributed by atoms with Crippen molar-refractivity contribution in [2.45, 2.75) is 6.92 Å². The first-order valence-electron chi connectivity index (χ1n) is 8.21. The summed E-state index contributed by atoms with van der Waals surface area (Å²) in [7, 11) is 0. The first-order chi connectivity index (χ1) is 13.4. The lowest BCUT2D eigenvalue weighted by Gasteiger charge is -2.10. The third kappa shape index (κ3) is 2.66. The Labute approximate surface area is 161 Å². The van der Waals surface area contributed by atoms with E-state index in [1.165, 1.54) is 11.1 Å². The molecule has 7 heteroatoms. The van der Waals surface area contributed by atoms with Crippen LogP contribution in [0.15, 0.2) is 51.4 Å². The number of aromatic amines is 1. The standard InChI is InChI=1S/C15H8F2N2O2S.C6H4/c1-3-8-4-5-9(16)12(10(8)17)19-14(20)13-11(18-15(19)21)7(2)6-22-13;1-2-6-4-3-5(1)6/h1,4-6H,2H3,(H,18,21);1-4H. The molecule has 1 N–H and O–H groups in total. The monoisotopic (exact) mass is 394 g/mol. The Bertz CT molecular complexity index is 1370. The van der Waals surface area contributed by atoms with E-state index in [1.807, 2.05) is 5.92 Å². The van der Waals surface area contributed by atoms with E-state index in [4.69, 9.17) is 6.42 Å². The van der Waals surface area contributed by atoms with E-state index in [-0.39, 0.29) is 10.3 Å². The van der Waals surface area contributed by atoms with Crippen molar-refractivity contribution in [3.8, 4) is 29.2 Å². The zero-order valence-corrected chi connectivity index (χ0v) is 15.4. The van der Waals surface area contributed by atoms with Crippen molar-refractivity contribution >= 4 is 21.6 Å². The molecule has 0 atom stereocenters. The summed E-state index contributed by atoms with van der Waals surface area (Å²) in [4.78, 5) is 27.0. The summed E-state index contributed by atoms with van der Waals surface area (Å²) >= 11 is 1.09. The number of aryl methyl sites for hydroxylation is 1. The molecule has 2 aromatic heterocycles. The highest BCUT2D eigenvalue weighted by Gasteiger charge is 2.20. The van der Waals surface area contributed by atoms with Gasteiger partial charge in [0.05, 0.1) is 11.1 Å². The van der Waals surface area contributed by atoms with Gasteiger partial charge in [0.1, 0.15) is 10.4 Å². The average Bonchev–Trinajstić information content (AvgIpc) is 3.02. The van der Waals surface area contributed by atoms with Crippen LogP contribution in [0.25, 0.3) is 27.0 Å². The fraction of sp³-hybridized carbons (Fsp3) is 0.0476. The number of hydrogen-bond acceptors (Lipinski definition) is 3. The van der Waals surface area contributed by atoms with E-state index in [0.717, 1.165) is 23.5 Å². The third-order valence-corrected chi connectivity index (χ3v) is 5.56. The largest absolute Gasteiger partial charge is 0.333 e. The van der Waals surface area contributed by atoms with Gasteiger partial charge in [0.2, 0.25) is 0 Å². The van der Waals surface area contributed by atoms with Crippen molar-refractivity contribution in [2.75, 3.05) is 0 Å². The molecule has 0 amide bonds. The van der Waals surface area contributed by atoms with Crippen molar-refractivity contribution in [3.05, 3.63) is 85.4 Å². The van der Waals surface area contributed by atoms with Gasteiger partial charge in [0.25, 0.3) is 5.56 Å². The molecule has 138 valence electrons. The zero-order valence-electron chi connectivity index (χ0n) is 14.5. The Hall–Kier alpha value is -3.50. The van der Waals surface area contributed by atoms with Crippen molar-refractivity contribution < 1.29 is 8.78 Å². The van der Waals surface area contributed by atoms with Gasteiger partial charge in [0, 0.05) is 0 Å². The Morgan fingerprint density at radius 2 is 1.71 bits per heavy atom. The molecule has 4 nitrogen and oxygen atoms in total. The molecule has 0 fully saturated rings. The number of terminal acetylenes is 1. The minimum absolute atomic E-state index is 0.210. The van der Waals surface area contributed by atoms with Crippen LogP contribution in [0.5, 0.6) is 0 Å². The molecule has 2 aliphatic rings. The van der Waals surface area contributed by atoms with E-state index >= 15 is 0 Å². The van der Waals surface area contributed by atoms with E-state index in [1.54, 1.807) is 12.3 Å². The molecule has 0 unspecified atom stereocenters. The summed E-state index contributed by atoms with van der Waals surface area (Å²) in [5.74, 6) is -0.121. The number of benzene rings is 2.